The molecular weight excluding hydrogens is 180 g/mol. The van der Waals surface area contributed by atoms with Crippen molar-refractivity contribution in [3.8, 4) is 6.07 Å². The highest BCUT2D eigenvalue weighted by atomic mass is 16.4. The second kappa shape index (κ2) is 6.26. The number of carboxylic acid groups (broad SMARTS) is 1. The molecule has 4 nitrogen and oxygen atoms in total. The summed E-state index contributed by atoms with van der Waals surface area (Å²) in [6.45, 7) is 2.91. The first-order valence-electron chi connectivity index (χ1n) is 3.70. The van der Waals surface area contributed by atoms with Crippen molar-refractivity contribution in [2.24, 2.45) is 0 Å². The van der Waals surface area contributed by atoms with Crippen LogP contribution in [0.3, 0.4) is 0 Å². The monoisotopic (exact) mass is 190 g/mol. The number of hydrogen-bond acceptors (Lipinski definition) is 3. The van der Waals surface area contributed by atoms with E-state index < -0.39 is 11.5 Å². The third-order valence-corrected chi connectivity index (χ3v) is 1.19. The number of carbonyl (C=O) groups is 1. The Morgan fingerprint density at radius 3 is 2.07 bits per heavy atom. The third-order valence-electron chi connectivity index (χ3n) is 1.19. The van der Waals surface area contributed by atoms with E-state index in [4.69, 9.17) is 16.1 Å². The number of nitrogen functional groups attached to an aromatic ring is 1. The van der Waals surface area contributed by atoms with Crippen LogP contribution in [0.4, 0.5) is 5.69 Å². The van der Waals surface area contributed by atoms with Gasteiger partial charge < -0.3 is 10.8 Å². The first-order valence-corrected chi connectivity index (χ1v) is 3.70. The van der Waals surface area contributed by atoms with Crippen LogP contribution in [0.2, 0.25) is 0 Å². The Morgan fingerprint density at radius 1 is 1.43 bits per heavy atom. The van der Waals surface area contributed by atoms with Gasteiger partial charge in [-0.2, -0.15) is 5.26 Å². The molecule has 1 rings (SSSR count). The molecule has 0 saturated heterocycles. The van der Waals surface area contributed by atoms with Crippen molar-refractivity contribution < 1.29 is 9.90 Å². The van der Waals surface area contributed by atoms with E-state index in [0.29, 0.717) is 0 Å². The van der Waals surface area contributed by atoms with E-state index in [1.54, 1.807) is 0 Å². The molecule has 0 unspecified atom stereocenters. The molecule has 72 valence electrons. The molecule has 0 bridgehead atoms. The van der Waals surface area contributed by atoms with Gasteiger partial charge in [-0.05, 0) is 12.1 Å². The van der Waals surface area contributed by atoms with Crippen LogP contribution < -0.4 is 5.73 Å². The zero-order chi connectivity index (χ0) is 11.0. The Balaban J connectivity index is 0.000000241. The number of nitrogens with two attached hydrogens (primary N) is 1. The lowest BCUT2D eigenvalue weighted by molar-refractivity contribution is -0.132. The quantitative estimate of drug-likeness (QED) is 0.398. The van der Waals surface area contributed by atoms with E-state index in [0.717, 1.165) is 5.69 Å². The summed E-state index contributed by atoms with van der Waals surface area (Å²) in [7, 11) is 0. The van der Waals surface area contributed by atoms with Crippen molar-refractivity contribution >= 4 is 11.7 Å². The van der Waals surface area contributed by atoms with Crippen LogP contribution in [0.15, 0.2) is 42.5 Å². The van der Waals surface area contributed by atoms with Gasteiger partial charge in [-0.1, -0.05) is 24.8 Å². The van der Waals surface area contributed by atoms with E-state index >= 15 is 0 Å². The number of anilines is 1. The highest BCUT2D eigenvalue weighted by Gasteiger charge is 1.97. The predicted molar refractivity (Wildman–Crippen MR) is 53.2 cm³/mol. The standard InChI is InChI=1S/C6H7N.C4H3NO2/c7-6-4-2-1-3-5-6;1-3(2-5)4(6)7/h1-5H,7H2;1H2,(H,6,7). The average Bonchev–Trinajstić information content (AvgIpc) is 2.18. The Morgan fingerprint density at radius 2 is 1.93 bits per heavy atom. The molecule has 1 aromatic carbocycles. The summed E-state index contributed by atoms with van der Waals surface area (Å²) in [6, 6.07) is 10.9. The van der Waals surface area contributed by atoms with Crippen LogP contribution in [0.5, 0.6) is 0 Å². The summed E-state index contributed by atoms with van der Waals surface area (Å²) in [5.41, 5.74) is 5.75. The molecule has 14 heavy (non-hydrogen) atoms. The van der Waals surface area contributed by atoms with Gasteiger partial charge in [0.2, 0.25) is 0 Å². The van der Waals surface area contributed by atoms with Crippen molar-refractivity contribution in [1.82, 2.24) is 0 Å². The topological polar surface area (TPSA) is 87.1 Å². The number of carboxylic acids is 1. The number of aliphatic carboxylic acids is 1. The van der Waals surface area contributed by atoms with E-state index in [9.17, 15) is 4.79 Å². The van der Waals surface area contributed by atoms with Gasteiger partial charge >= 0.3 is 5.97 Å². The Kier molecular flexibility index (Phi) is 5.24. The SMILES string of the molecule is C=C(C#N)C(=O)O.Nc1ccccc1. The van der Waals surface area contributed by atoms with E-state index in [1.165, 1.54) is 6.07 Å². The summed E-state index contributed by atoms with van der Waals surface area (Å²) in [5.74, 6) is -1.26. The summed E-state index contributed by atoms with van der Waals surface area (Å²) >= 11 is 0. The van der Waals surface area contributed by atoms with E-state index in [1.807, 2.05) is 30.3 Å². The molecule has 0 fully saturated rings. The molecular formula is C10H10N2O2. The zero-order valence-corrected chi connectivity index (χ0v) is 7.47. The Labute approximate surface area is 81.9 Å². The molecule has 0 radical (unpaired) electrons. The molecule has 3 N–H and O–H groups in total. The van der Waals surface area contributed by atoms with Crippen LogP contribution in [0, 0.1) is 11.3 Å². The van der Waals surface area contributed by atoms with Crippen molar-refractivity contribution in [2.45, 2.75) is 0 Å². The molecule has 0 aliphatic heterocycles. The van der Waals surface area contributed by atoms with Gasteiger partial charge in [0.15, 0.2) is 0 Å². The van der Waals surface area contributed by atoms with Gasteiger partial charge in [-0.15, -0.1) is 0 Å². The molecule has 1 aromatic rings. The lowest BCUT2D eigenvalue weighted by Crippen LogP contribution is -1.94. The van der Waals surface area contributed by atoms with Gasteiger partial charge in [-0.25, -0.2) is 4.79 Å². The van der Waals surface area contributed by atoms with Crippen LogP contribution >= 0.6 is 0 Å². The van der Waals surface area contributed by atoms with Crippen molar-refractivity contribution in [1.29, 1.82) is 5.26 Å². The predicted octanol–water partition coefficient (Wildman–Crippen LogP) is 1.42. The summed E-state index contributed by atoms with van der Waals surface area (Å²) < 4.78 is 0. The third kappa shape index (κ3) is 5.38. The van der Waals surface area contributed by atoms with Crippen molar-refractivity contribution in [3.63, 3.8) is 0 Å². The van der Waals surface area contributed by atoms with Crippen molar-refractivity contribution in [2.75, 3.05) is 5.73 Å². The largest absolute Gasteiger partial charge is 0.477 e. The second-order valence-electron chi connectivity index (χ2n) is 2.31. The summed E-state index contributed by atoms with van der Waals surface area (Å²) in [6.07, 6.45) is 0. The molecule has 0 aliphatic carbocycles. The normalized spacial score (nSPS) is 7.64. The second-order valence-corrected chi connectivity index (χ2v) is 2.31. The van der Waals surface area contributed by atoms with Crippen LogP contribution in [-0.4, -0.2) is 11.1 Å². The fourth-order valence-electron chi connectivity index (χ4n) is 0.501. The van der Waals surface area contributed by atoms with Gasteiger partial charge in [0.1, 0.15) is 11.6 Å². The van der Waals surface area contributed by atoms with E-state index in [2.05, 4.69) is 6.58 Å². The first-order chi connectivity index (χ1) is 6.57. The molecule has 0 atom stereocenters. The number of nitrogens with zero attached hydrogens (tertiary/aromatic N) is 1. The average molecular weight is 190 g/mol. The minimum absolute atomic E-state index is 0.431. The zero-order valence-electron chi connectivity index (χ0n) is 7.47. The molecule has 0 saturated carbocycles. The number of para-hydroxylation sites is 1. The molecule has 0 aliphatic rings. The first kappa shape index (κ1) is 11.7. The maximum Gasteiger partial charge on any atom is 0.345 e. The molecule has 0 aromatic heterocycles. The number of hydrogen-bond donors (Lipinski definition) is 2. The van der Waals surface area contributed by atoms with Crippen LogP contribution in [-0.2, 0) is 4.79 Å². The lowest BCUT2D eigenvalue weighted by atomic mass is 10.3. The summed E-state index contributed by atoms with van der Waals surface area (Å²) in [4.78, 5) is 9.61. The highest BCUT2D eigenvalue weighted by molar-refractivity contribution is 5.90. The van der Waals surface area contributed by atoms with Gasteiger partial charge in [-0.3, -0.25) is 0 Å². The minimum Gasteiger partial charge on any atom is -0.477 e. The maximum absolute atomic E-state index is 9.61. The van der Waals surface area contributed by atoms with Gasteiger partial charge in [0.25, 0.3) is 0 Å². The number of rotatable bonds is 1. The molecule has 0 spiro atoms. The van der Waals surface area contributed by atoms with E-state index in [-0.39, 0.29) is 0 Å². The smallest absolute Gasteiger partial charge is 0.345 e. The summed E-state index contributed by atoms with van der Waals surface area (Å²) in [5, 5.41) is 15.6. The van der Waals surface area contributed by atoms with Crippen molar-refractivity contribution in [3.05, 3.63) is 42.5 Å². The fraction of sp³-hybridized carbons (Fsp3) is 0. The maximum atomic E-state index is 9.61. The number of nitriles is 1. The molecule has 4 heteroatoms. The molecule has 0 amide bonds. The van der Waals surface area contributed by atoms with Crippen LogP contribution in [0.1, 0.15) is 0 Å². The Bertz CT molecular complexity index is 352. The lowest BCUT2D eigenvalue weighted by Gasteiger charge is -1.83. The molecule has 0 heterocycles. The fourth-order valence-corrected chi connectivity index (χ4v) is 0.501. The minimum atomic E-state index is -1.26. The van der Waals surface area contributed by atoms with Gasteiger partial charge in [0, 0.05) is 5.69 Å². The van der Waals surface area contributed by atoms with Gasteiger partial charge in [0.05, 0.1) is 0 Å². The highest BCUT2D eigenvalue weighted by Crippen LogP contribution is 1.95. The van der Waals surface area contributed by atoms with Crippen LogP contribution in [0.25, 0.3) is 0 Å². The Hall–Kier alpha value is -2.28. The number of benzene rings is 1.